The summed E-state index contributed by atoms with van der Waals surface area (Å²) in [7, 11) is 1.72. The van der Waals surface area contributed by atoms with E-state index in [4.69, 9.17) is 9.47 Å². The van der Waals surface area contributed by atoms with Gasteiger partial charge in [-0.3, -0.25) is 0 Å². The van der Waals surface area contributed by atoms with Crippen LogP contribution in [0.3, 0.4) is 0 Å². The summed E-state index contributed by atoms with van der Waals surface area (Å²) in [5.41, 5.74) is 2.54. The lowest BCUT2D eigenvalue weighted by Crippen LogP contribution is -2.51. The Morgan fingerprint density at radius 1 is 1.44 bits per heavy atom. The molecule has 1 unspecified atom stereocenters. The Balaban J connectivity index is 2.30. The maximum Gasteiger partial charge on any atom is 0.123 e. The van der Waals surface area contributed by atoms with Crippen molar-refractivity contribution in [3.63, 3.8) is 0 Å². The van der Waals surface area contributed by atoms with Crippen molar-refractivity contribution >= 4 is 0 Å². The van der Waals surface area contributed by atoms with Crippen LogP contribution < -0.4 is 10.1 Å². The summed E-state index contributed by atoms with van der Waals surface area (Å²) in [4.78, 5) is 0. The molecule has 1 atom stereocenters. The molecule has 1 fully saturated rings. The Morgan fingerprint density at radius 3 is 2.83 bits per heavy atom. The molecule has 100 valence electrons. The van der Waals surface area contributed by atoms with Crippen molar-refractivity contribution in [1.82, 2.24) is 5.32 Å². The van der Waals surface area contributed by atoms with E-state index in [1.165, 1.54) is 11.1 Å². The number of benzene rings is 1. The zero-order valence-corrected chi connectivity index (χ0v) is 11.7. The molecule has 1 aromatic rings. The second-order valence-electron chi connectivity index (χ2n) is 5.53. The van der Waals surface area contributed by atoms with Gasteiger partial charge in [-0.25, -0.2) is 0 Å². The second kappa shape index (κ2) is 5.29. The molecule has 2 rings (SSSR count). The molecule has 0 saturated carbocycles. The average Bonchev–Trinajstić information content (AvgIpc) is 2.36. The Labute approximate surface area is 109 Å². The van der Waals surface area contributed by atoms with Crippen LogP contribution in [0.15, 0.2) is 18.2 Å². The minimum absolute atomic E-state index is 0.0101. The molecule has 0 aliphatic carbocycles. The van der Waals surface area contributed by atoms with Gasteiger partial charge in [0.25, 0.3) is 0 Å². The third-order valence-electron chi connectivity index (χ3n) is 3.39. The first kappa shape index (κ1) is 13.4. The van der Waals surface area contributed by atoms with Gasteiger partial charge in [0.05, 0.1) is 26.4 Å². The van der Waals surface area contributed by atoms with E-state index in [1.54, 1.807) is 7.11 Å². The summed E-state index contributed by atoms with van der Waals surface area (Å²) < 4.78 is 11.2. The van der Waals surface area contributed by atoms with Crippen molar-refractivity contribution in [2.24, 2.45) is 0 Å². The maximum absolute atomic E-state index is 5.71. The number of rotatable bonds is 3. The van der Waals surface area contributed by atoms with Crippen LogP contribution in [0.5, 0.6) is 5.75 Å². The van der Waals surface area contributed by atoms with Crippen molar-refractivity contribution in [1.29, 1.82) is 0 Å². The first-order chi connectivity index (χ1) is 8.55. The molecule has 0 bridgehead atoms. The first-order valence-corrected chi connectivity index (χ1v) is 6.58. The van der Waals surface area contributed by atoms with Crippen LogP contribution >= 0.6 is 0 Å². The molecule has 0 aromatic heterocycles. The van der Waals surface area contributed by atoms with Gasteiger partial charge in [0.2, 0.25) is 0 Å². The fourth-order valence-electron chi connectivity index (χ4n) is 2.43. The smallest absolute Gasteiger partial charge is 0.123 e. The lowest BCUT2D eigenvalue weighted by atomic mass is 9.96. The minimum Gasteiger partial charge on any atom is -0.496 e. The molecule has 0 radical (unpaired) electrons. The normalized spacial score (nSPS) is 22.8. The van der Waals surface area contributed by atoms with E-state index in [1.807, 2.05) is 0 Å². The van der Waals surface area contributed by atoms with Crippen LogP contribution in [-0.4, -0.2) is 25.9 Å². The number of methoxy groups -OCH3 is 1. The van der Waals surface area contributed by atoms with Gasteiger partial charge < -0.3 is 14.8 Å². The van der Waals surface area contributed by atoms with Crippen LogP contribution in [0.2, 0.25) is 0 Å². The Hall–Kier alpha value is -1.06. The number of morpholine rings is 1. The third kappa shape index (κ3) is 2.85. The van der Waals surface area contributed by atoms with Crippen molar-refractivity contribution in [2.75, 3.05) is 20.3 Å². The molecular weight excluding hydrogens is 226 g/mol. The third-order valence-corrected chi connectivity index (χ3v) is 3.39. The monoisotopic (exact) mass is 249 g/mol. The number of aryl methyl sites for hydroxylation is 1. The summed E-state index contributed by atoms with van der Waals surface area (Å²) in [6.45, 7) is 7.94. The van der Waals surface area contributed by atoms with E-state index in [2.05, 4.69) is 44.3 Å². The predicted octanol–water partition coefficient (Wildman–Crippen LogP) is 2.70. The molecular formula is C15H23NO2. The Morgan fingerprint density at radius 2 is 2.22 bits per heavy atom. The van der Waals surface area contributed by atoms with Gasteiger partial charge in [0.1, 0.15) is 5.75 Å². The molecule has 0 spiro atoms. The van der Waals surface area contributed by atoms with Crippen LogP contribution in [0, 0.1) is 0 Å². The largest absolute Gasteiger partial charge is 0.496 e. The highest BCUT2D eigenvalue weighted by atomic mass is 16.5. The highest BCUT2D eigenvalue weighted by Crippen LogP contribution is 2.30. The summed E-state index contributed by atoms with van der Waals surface area (Å²) in [5, 5.41) is 3.63. The molecule has 18 heavy (non-hydrogen) atoms. The highest BCUT2D eigenvalue weighted by molar-refractivity contribution is 5.40. The first-order valence-electron chi connectivity index (χ1n) is 6.58. The number of hydrogen-bond acceptors (Lipinski definition) is 3. The SMILES string of the molecule is CCc1ccc(OC)c(C2COCC(C)(C)N2)c1. The Bertz CT molecular complexity index is 415. The number of nitrogens with one attached hydrogen (secondary N) is 1. The molecule has 0 amide bonds. The van der Waals surface area contributed by atoms with Gasteiger partial charge >= 0.3 is 0 Å². The highest BCUT2D eigenvalue weighted by Gasteiger charge is 2.30. The van der Waals surface area contributed by atoms with Crippen LogP contribution in [0.1, 0.15) is 37.9 Å². The second-order valence-corrected chi connectivity index (χ2v) is 5.53. The van der Waals surface area contributed by atoms with Gasteiger partial charge in [-0.15, -0.1) is 0 Å². The van der Waals surface area contributed by atoms with E-state index >= 15 is 0 Å². The fourth-order valence-corrected chi connectivity index (χ4v) is 2.43. The van der Waals surface area contributed by atoms with E-state index in [0.29, 0.717) is 6.61 Å². The van der Waals surface area contributed by atoms with Gasteiger partial charge in [-0.1, -0.05) is 19.1 Å². The van der Waals surface area contributed by atoms with Crippen molar-refractivity contribution < 1.29 is 9.47 Å². The van der Waals surface area contributed by atoms with E-state index in [9.17, 15) is 0 Å². The number of ether oxygens (including phenoxy) is 2. The van der Waals surface area contributed by atoms with Crippen molar-refractivity contribution in [3.05, 3.63) is 29.3 Å². The maximum atomic E-state index is 5.71. The minimum atomic E-state index is 0.0101. The molecule has 1 aromatic carbocycles. The topological polar surface area (TPSA) is 30.5 Å². The zero-order chi connectivity index (χ0) is 13.2. The Kier molecular flexibility index (Phi) is 3.93. The molecule has 1 N–H and O–H groups in total. The van der Waals surface area contributed by atoms with Gasteiger partial charge in [0.15, 0.2) is 0 Å². The quantitative estimate of drug-likeness (QED) is 0.893. The average molecular weight is 249 g/mol. The zero-order valence-electron chi connectivity index (χ0n) is 11.7. The summed E-state index contributed by atoms with van der Waals surface area (Å²) >= 11 is 0. The van der Waals surface area contributed by atoms with Crippen LogP contribution in [0.25, 0.3) is 0 Å². The molecule has 1 heterocycles. The van der Waals surface area contributed by atoms with E-state index in [-0.39, 0.29) is 11.6 Å². The van der Waals surface area contributed by atoms with E-state index in [0.717, 1.165) is 18.8 Å². The standard InChI is InChI=1S/C15H23NO2/c1-5-11-6-7-14(17-4)12(8-11)13-9-18-10-15(2,3)16-13/h6-8,13,16H,5,9-10H2,1-4H3. The van der Waals surface area contributed by atoms with Gasteiger partial charge in [-0.2, -0.15) is 0 Å². The number of hydrogen-bond donors (Lipinski definition) is 1. The van der Waals surface area contributed by atoms with Crippen LogP contribution in [-0.2, 0) is 11.2 Å². The van der Waals surface area contributed by atoms with Crippen molar-refractivity contribution in [3.8, 4) is 5.75 Å². The molecule has 1 aliphatic heterocycles. The molecule has 3 nitrogen and oxygen atoms in total. The lowest BCUT2D eigenvalue weighted by Gasteiger charge is -2.37. The van der Waals surface area contributed by atoms with Crippen molar-refractivity contribution in [2.45, 2.75) is 38.8 Å². The summed E-state index contributed by atoms with van der Waals surface area (Å²) in [6, 6.07) is 6.60. The fraction of sp³-hybridized carbons (Fsp3) is 0.600. The lowest BCUT2D eigenvalue weighted by molar-refractivity contribution is 0.0121. The van der Waals surface area contributed by atoms with E-state index < -0.39 is 0 Å². The summed E-state index contributed by atoms with van der Waals surface area (Å²) in [5.74, 6) is 0.936. The molecule has 3 heteroatoms. The van der Waals surface area contributed by atoms with Crippen LogP contribution in [0.4, 0.5) is 0 Å². The van der Waals surface area contributed by atoms with Gasteiger partial charge in [0, 0.05) is 11.1 Å². The van der Waals surface area contributed by atoms with Gasteiger partial charge in [-0.05, 0) is 31.9 Å². The summed E-state index contributed by atoms with van der Waals surface area (Å²) in [6.07, 6.45) is 1.04. The predicted molar refractivity (Wildman–Crippen MR) is 73.1 cm³/mol. The molecule has 1 saturated heterocycles. The molecule has 1 aliphatic rings.